The first-order chi connectivity index (χ1) is 19.7. The average molecular weight is 562 g/mol. The van der Waals surface area contributed by atoms with Crippen LogP contribution in [0.4, 0.5) is 11.4 Å². The summed E-state index contributed by atoms with van der Waals surface area (Å²) in [5.41, 5.74) is 1.90. The summed E-state index contributed by atoms with van der Waals surface area (Å²) in [7, 11) is 1.70. The Morgan fingerprint density at radius 1 is 1.05 bits per heavy atom. The largest absolute Gasteiger partial charge is 0.493 e. The summed E-state index contributed by atoms with van der Waals surface area (Å²) in [4.78, 5) is 48.0. The number of carbonyl (C=O) groups excluding carboxylic acids is 3. The van der Waals surface area contributed by atoms with E-state index in [2.05, 4.69) is 15.2 Å². The maximum atomic E-state index is 13.1. The predicted molar refractivity (Wildman–Crippen MR) is 157 cm³/mol. The van der Waals surface area contributed by atoms with Crippen molar-refractivity contribution in [2.75, 3.05) is 49.6 Å². The molecular weight excluding hydrogens is 522 g/mol. The molecule has 0 saturated heterocycles. The lowest BCUT2D eigenvalue weighted by Gasteiger charge is -2.27. The minimum atomic E-state index is -1.15. The number of fused-ring (bicyclic) bond motifs is 1. The number of benzene rings is 1. The van der Waals surface area contributed by atoms with Crippen LogP contribution in [0, 0.1) is 5.41 Å². The molecule has 218 valence electrons. The fraction of sp³-hybridized carbons (Fsp3) is 0.419. The summed E-state index contributed by atoms with van der Waals surface area (Å²) in [6.45, 7) is 9.13. The summed E-state index contributed by atoms with van der Waals surface area (Å²) in [6, 6.07) is 11.2. The Balaban J connectivity index is 1.34. The summed E-state index contributed by atoms with van der Waals surface area (Å²) in [6.07, 6.45) is 8.07. The number of pyridine rings is 1. The molecule has 0 atom stereocenters. The van der Waals surface area contributed by atoms with E-state index < -0.39 is 5.41 Å². The smallest absolute Gasteiger partial charge is 0.254 e. The van der Waals surface area contributed by atoms with E-state index in [4.69, 9.17) is 9.15 Å². The van der Waals surface area contributed by atoms with E-state index in [0.717, 1.165) is 32.5 Å². The molecule has 10 heteroatoms. The Labute approximate surface area is 241 Å². The van der Waals surface area contributed by atoms with Crippen molar-refractivity contribution >= 4 is 29.1 Å². The molecule has 0 unspecified atom stereocenters. The van der Waals surface area contributed by atoms with Gasteiger partial charge in [0.05, 0.1) is 29.8 Å². The molecule has 2 aromatic heterocycles. The van der Waals surface area contributed by atoms with E-state index in [9.17, 15) is 14.4 Å². The molecule has 1 aliphatic rings. The molecule has 1 aliphatic heterocycles. The van der Waals surface area contributed by atoms with Crippen molar-refractivity contribution in [2.45, 2.75) is 40.2 Å². The van der Waals surface area contributed by atoms with Crippen LogP contribution >= 0.6 is 0 Å². The molecule has 0 saturated carbocycles. The summed E-state index contributed by atoms with van der Waals surface area (Å²) < 4.78 is 11.1. The van der Waals surface area contributed by atoms with Crippen LogP contribution in [0.3, 0.4) is 0 Å². The third-order valence-electron chi connectivity index (χ3n) is 7.30. The van der Waals surface area contributed by atoms with Crippen LogP contribution in [0.15, 0.2) is 65.7 Å². The van der Waals surface area contributed by atoms with Crippen molar-refractivity contribution in [3.05, 3.63) is 72.4 Å². The van der Waals surface area contributed by atoms with Gasteiger partial charge in [0, 0.05) is 58.2 Å². The summed E-state index contributed by atoms with van der Waals surface area (Å²) in [5, 5.41) is 2.93. The molecule has 0 fully saturated rings. The third-order valence-corrected chi connectivity index (χ3v) is 7.30. The normalized spacial score (nSPS) is 14.7. The molecule has 4 rings (SSSR count). The van der Waals surface area contributed by atoms with Gasteiger partial charge in [-0.05, 0) is 69.5 Å². The van der Waals surface area contributed by atoms with Gasteiger partial charge < -0.3 is 24.3 Å². The Kier molecular flexibility index (Phi) is 9.78. The Hall–Kier alpha value is -4.18. The first-order valence-electron chi connectivity index (χ1n) is 14.0. The molecule has 10 nitrogen and oxygen atoms in total. The molecule has 0 radical (unpaired) electrons. The van der Waals surface area contributed by atoms with E-state index in [1.165, 1.54) is 18.1 Å². The lowest BCUT2D eigenvalue weighted by molar-refractivity contribution is -0.137. The zero-order valence-electron chi connectivity index (χ0n) is 24.3. The molecule has 3 aromatic rings. The third kappa shape index (κ3) is 7.13. The van der Waals surface area contributed by atoms with Gasteiger partial charge in [-0.1, -0.05) is 0 Å². The van der Waals surface area contributed by atoms with E-state index in [-0.39, 0.29) is 17.7 Å². The van der Waals surface area contributed by atoms with Crippen LogP contribution in [0.5, 0.6) is 5.75 Å². The zero-order chi connectivity index (χ0) is 29.4. The standard InChI is InChI=1S/C31H39N5O5/c1-5-36-26-9-8-25(20-27(26)34(4)29(38)31(2,3)30(36)39)41-18-7-17-35(21-23-10-14-32-15-11-23)16-6-13-33-28(37)24-12-19-40-22-24/h8-12,14-15,19-20,22H,5-7,13,16-18,21H2,1-4H3,(H,33,37). The SMILES string of the molecule is CCN1C(=O)C(C)(C)C(=O)N(C)c2cc(OCCCN(CCCNC(=O)c3ccoc3)Cc3ccncc3)ccc21. The molecule has 1 N–H and O–H groups in total. The van der Waals surface area contributed by atoms with Crippen LogP contribution in [-0.4, -0.2) is 67.4 Å². The molecule has 41 heavy (non-hydrogen) atoms. The minimum Gasteiger partial charge on any atom is -0.493 e. The van der Waals surface area contributed by atoms with Crippen LogP contribution in [0.1, 0.15) is 49.5 Å². The van der Waals surface area contributed by atoms with Gasteiger partial charge in [-0.15, -0.1) is 0 Å². The average Bonchev–Trinajstić information content (AvgIpc) is 3.51. The second-order valence-corrected chi connectivity index (χ2v) is 10.6. The fourth-order valence-electron chi connectivity index (χ4n) is 4.97. The number of carbonyl (C=O) groups is 3. The molecule has 0 aliphatic carbocycles. The molecular formula is C31H39N5O5. The van der Waals surface area contributed by atoms with Gasteiger partial charge >= 0.3 is 0 Å². The maximum Gasteiger partial charge on any atom is 0.254 e. The first kappa shape index (κ1) is 29.8. The van der Waals surface area contributed by atoms with Gasteiger partial charge in [0.2, 0.25) is 11.8 Å². The summed E-state index contributed by atoms with van der Waals surface area (Å²) in [5.74, 6) is 0.0503. The van der Waals surface area contributed by atoms with Gasteiger partial charge in [-0.3, -0.25) is 24.3 Å². The quantitative estimate of drug-likeness (QED) is 0.247. The summed E-state index contributed by atoms with van der Waals surface area (Å²) >= 11 is 0. The maximum absolute atomic E-state index is 13.1. The minimum absolute atomic E-state index is 0.143. The Morgan fingerprint density at radius 2 is 1.80 bits per heavy atom. The van der Waals surface area contributed by atoms with E-state index in [1.54, 1.807) is 49.2 Å². The zero-order valence-corrected chi connectivity index (χ0v) is 24.3. The lowest BCUT2D eigenvalue weighted by Crippen LogP contribution is -2.47. The number of amides is 3. The van der Waals surface area contributed by atoms with Crippen LogP contribution in [0.25, 0.3) is 0 Å². The van der Waals surface area contributed by atoms with E-state index >= 15 is 0 Å². The first-order valence-corrected chi connectivity index (χ1v) is 14.0. The van der Waals surface area contributed by atoms with E-state index in [1.807, 2.05) is 37.3 Å². The second-order valence-electron chi connectivity index (χ2n) is 10.6. The fourth-order valence-corrected chi connectivity index (χ4v) is 4.97. The van der Waals surface area contributed by atoms with Gasteiger partial charge in [-0.25, -0.2) is 0 Å². The topological polar surface area (TPSA) is 108 Å². The molecule has 0 spiro atoms. The van der Waals surface area contributed by atoms with Crippen molar-refractivity contribution < 1.29 is 23.5 Å². The molecule has 1 aromatic carbocycles. The lowest BCUT2D eigenvalue weighted by atomic mass is 9.90. The number of furan rings is 1. The number of anilines is 2. The molecule has 3 heterocycles. The Morgan fingerprint density at radius 3 is 2.51 bits per heavy atom. The van der Waals surface area contributed by atoms with Crippen molar-refractivity contribution in [1.82, 2.24) is 15.2 Å². The highest BCUT2D eigenvalue weighted by Gasteiger charge is 2.45. The van der Waals surface area contributed by atoms with Crippen molar-refractivity contribution in [2.24, 2.45) is 5.41 Å². The van der Waals surface area contributed by atoms with Gasteiger partial charge in [0.15, 0.2) is 0 Å². The van der Waals surface area contributed by atoms with Crippen LogP contribution in [-0.2, 0) is 16.1 Å². The molecule has 3 amide bonds. The van der Waals surface area contributed by atoms with Crippen molar-refractivity contribution in [3.8, 4) is 5.75 Å². The second kappa shape index (κ2) is 13.5. The predicted octanol–water partition coefficient (Wildman–Crippen LogP) is 4.12. The van der Waals surface area contributed by atoms with Gasteiger partial charge in [0.1, 0.15) is 17.4 Å². The van der Waals surface area contributed by atoms with Crippen LogP contribution < -0.4 is 19.9 Å². The molecule has 0 bridgehead atoms. The number of nitrogens with zero attached hydrogens (tertiary/aromatic N) is 4. The highest BCUT2D eigenvalue weighted by molar-refractivity contribution is 6.20. The van der Waals surface area contributed by atoms with Crippen molar-refractivity contribution in [1.29, 1.82) is 0 Å². The van der Waals surface area contributed by atoms with E-state index in [0.29, 0.717) is 42.4 Å². The number of hydrogen-bond acceptors (Lipinski definition) is 7. The number of rotatable bonds is 13. The number of ether oxygens (including phenoxy) is 1. The number of nitrogens with one attached hydrogen (secondary N) is 1. The van der Waals surface area contributed by atoms with Crippen LogP contribution in [0.2, 0.25) is 0 Å². The number of hydrogen-bond donors (Lipinski definition) is 1. The number of aromatic nitrogens is 1. The highest BCUT2D eigenvalue weighted by Crippen LogP contribution is 2.40. The Bertz CT molecular complexity index is 1330. The van der Waals surface area contributed by atoms with Gasteiger partial charge in [-0.2, -0.15) is 0 Å². The van der Waals surface area contributed by atoms with Gasteiger partial charge in [0.25, 0.3) is 5.91 Å². The monoisotopic (exact) mass is 561 g/mol. The highest BCUT2D eigenvalue weighted by atomic mass is 16.5. The van der Waals surface area contributed by atoms with Crippen molar-refractivity contribution in [3.63, 3.8) is 0 Å².